The van der Waals surface area contributed by atoms with Crippen LogP contribution in [-0.2, 0) is 4.79 Å². The number of fused-ring (bicyclic) bond motifs is 1. The number of amides is 1. The van der Waals surface area contributed by atoms with Gasteiger partial charge in [-0.25, -0.2) is 4.98 Å². The molecule has 1 saturated carbocycles. The molecule has 0 radical (unpaired) electrons. The standard InChI is InChI=1S/C24H29F3N8O/c25-24(26,27)19-9-7-14(22(36)30-15-4-2-1-3-5-15)12-35(19)20-11-17(31-23(29)32-20)13-6-8-16-18(10-13)33-34-21(16)28/h6,8,10-11,14-15,19H,1-5,7,9,12H2,(H,30,36)(H3,28,33,34)(H2,29,31,32). The second kappa shape index (κ2) is 9.47. The summed E-state index contributed by atoms with van der Waals surface area (Å²) in [6, 6.07) is 5.06. The van der Waals surface area contributed by atoms with Crippen LogP contribution in [0.2, 0.25) is 0 Å². The molecule has 0 bridgehead atoms. The van der Waals surface area contributed by atoms with Crippen molar-refractivity contribution in [3.8, 4) is 11.3 Å². The molecule has 2 fully saturated rings. The lowest BCUT2D eigenvalue weighted by Crippen LogP contribution is -2.55. The minimum Gasteiger partial charge on any atom is -0.382 e. The number of benzene rings is 1. The van der Waals surface area contributed by atoms with Gasteiger partial charge < -0.3 is 21.7 Å². The van der Waals surface area contributed by atoms with Crippen LogP contribution in [0, 0.1) is 5.92 Å². The largest absolute Gasteiger partial charge is 0.408 e. The highest BCUT2D eigenvalue weighted by molar-refractivity contribution is 5.91. The average molecular weight is 503 g/mol. The number of carbonyl (C=O) groups is 1. The van der Waals surface area contributed by atoms with E-state index >= 15 is 0 Å². The maximum absolute atomic E-state index is 14.0. The van der Waals surface area contributed by atoms with E-state index in [0.29, 0.717) is 22.6 Å². The number of anilines is 3. The fourth-order valence-electron chi connectivity index (χ4n) is 5.29. The lowest BCUT2D eigenvalue weighted by molar-refractivity contribution is -0.156. The van der Waals surface area contributed by atoms with E-state index in [1.54, 1.807) is 18.2 Å². The maximum Gasteiger partial charge on any atom is 0.408 e. The number of nitrogen functional groups attached to an aromatic ring is 2. The van der Waals surface area contributed by atoms with Crippen LogP contribution < -0.4 is 21.7 Å². The number of halogens is 3. The van der Waals surface area contributed by atoms with Crippen molar-refractivity contribution in [2.24, 2.45) is 5.92 Å². The predicted molar refractivity (Wildman–Crippen MR) is 131 cm³/mol. The highest BCUT2D eigenvalue weighted by Crippen LogP contribution is 2.38. The minimum absolute atomic E-state index is 0.0409. The first kappa shape index (κ1) is 24.1. The summed E-state index contributed by atoms with van der Waals surface area (Å²) in [6.07, 6.45) is 0.536. The molecule has 0 spiro atoms. The fraction of sp³-hybridized carbons (Fsp3) is 0.500. The zero-order valence-corrected chi connectivity index (χ0v) is 19.7. The van der Waals surface area contributed by atoms with Gasteiger partial charge in [0.05, 0.1) is 17.1 Å². The van der Waals surface area contributed by atoms with E-state index in [4.69, 9.17) is 11.5 Å². The summed E-state index contributed by atoms with van der Waals surface area (Å²) in [7, 11) is 0. The number of carbonyl (C=O) groups excluding carboxylic acids is 1. The van der Waals surface area contributed by atoms with Crippen LogP contribution in [0.1, 0.15) is 44.9 Å². The number of alkyl halides is 3. The summed E-state index contributed by atoms with van der Waals surface area (Å²) in [5.41, 5.74) is 13.4. The van der Waals surface area contributed by atoms with E-state index in [9.17, 15) is 18.0 Å². The number of aromatic nitrogens is 4. The summed E-state index contributed by atoms with van der Waals surface area (Å²) >= 11 is 0. The third kappa shape index (κ3) is 4.89. The van der Waals surface area contributed by atoms with Crippen molar-refractivity contribution in [2.75, 3.05) is 22.9 Å². The highest BCUT2D eigenvalue weighted by Gasteiger charge is 2.48. The van der Waals surface area contributed by atoms with Crippen LogP contribution in [0.3, 0.4) is 0 Å². The van der Waals surface area contributed by atoms with Gasteiger partial charge in [-0.05, 0) is 37.8 Å². The quantitative estimate of drug-likeness (QED) is 0.426. The molecule has 192 valence electrons. The third-order valence-corrected chi connectivity index (χ3v) is 7.19. The van der Waals surface area contributed by atoms with Gasteiger partial charge in [-0.3, -0.25) is 9.89 Å². The predicted octanol–water partition coefficient (Wildman–Crippen LogP) is 3.78. The molecule has 2 unspecified atom stereocenters. The number of hydrogen-bond donors (Lipinski definition) is 4. The molecule has 5 rings (SSSR count). The van der Waals surface area contributed by atoms with Crippen LogP contribution in [0.15, 0.2) is 24.3 Å². The van der Waals surface area contributed by atoms with E-state index < -0.39 is 18.1 Å². The van der Waals surface area contributed by atoms with Gasteiger partial charge in [-0.1, -0.05) is 25.3 Å². The molecule has 2 atom stereocenters. The van der Waals surface area contributed by atoms with E-state index in [-0.39, 0.29) is 43.1 Å². The minimum atomic E-state index is -4.49. The zero-order chi connectivity index (χ0) is 25.4. The number of H-pyrrole nitrogens is 1. The molecule has 36 heavy (non-hydrogen) atoms. The number of nitrogens with one attached hydrogen (secondary N) is 2. The maximum atomic E-state index is 14.0. The van der Waals surface area contributed by atoms with Crippen LogP contribution >= 0.6 is 0 Å². The number of hydrogen-bond acceptors (Lipinski definition) is 7. The second-order valence-electron chi connectivity index (χ2n) is 9.67. The van der Waals surface area contributed by atoms with Crippen molar-refractivity contribution >= 4 is 34.4 Å². The van der Waals surface area contributed by atoms with Crippen LogP contribution in [0.5, 0.6) is 0 Å². The van der Waals surface area contributed by atoms with Gasteiger partial charge >= 0.3 is 6.18 Å². The molecule has 1 aliphatic carbocycles. The molecule has 1 aromatic carbocycles. The molecular weight excluding hydrogens is 473 g/mol. The van der Waals surface area contributed by atoms with Crippen molar-refractivity contribution in [1.29, 1.82) is 0 Å². The Kier molecular flexibility index (Phi) is 6.35. The van der Waals surface area contributed by atoms with Crippen LogP contribution in [0.4, 0.5) is 30.8 Å². The van der Waals surface area contributed by atoms with Gasteiger partial charge in [-0.2, -0.15) is 23.3 Å². The molecule has 12 heteroatoms. The summed E-state index contributed by atoms with van der Waals surface area (Å²) in [4.78, 5) is 22.5. The molecule has 1 aliphatic heterocycles. The lowest BCUT2D eigenvalue weighted by Gasteiger charge is -2.41. The third-order valence-electron chi connectivity index (χ3n) is 7.19. The van der Waals surface area contributed by atoms with Crippen molar-refractivity contribution in [1.82, 2.24) is 25.5 Å². The zero-order valence-electron chi connectivity index (χ0n) is 19.7. The first-order chi connectivity index (χ1) is 17.2. The second-order valence-corrected chi connectivity index (χ2v) is 9.67. The average Bonchev–Trinajstić information content (AvgIpc) is 3.23. The van der Waals surface area contributed by atoms with Gasteiger partial charge in [0.1, 0.15) is 11.9 Å². The molecule has 9 nitrogen and oxygen atoms in total. The lowest BCUT2D eigenvalue weighted by atomic mass is 9.90. The first-order valence-corrected chi connectivity index (χ1v) is 12.2. The number of rotatable bonds is 4. The fourth-order valence-corrected chi connectivity index (χ4v) is 5.29. The molecule has 2 aromatic heterocycles. The summed E-state index contributed by atoms with van der Waals surface area (Å²) in [6.45, 7) is -0.102. The van der Waals surface area contributed by atoms with E-state index in [1.165, 1.54) is 6.07 Å². The highest BCUT2D eigenvalue weighted by atomic mass is 19.4. The Morgan fingerprint density at radius 2 is 1.83 bits per heavy atom. The van der Waals surface area contributed by atoms with Crippen molar-refractivity contribution in [3.63, 3.8) is 0 Å². The van der Waals surface area contributed by atoms with Gasteiger partial charge in [0.15, 0.2) is 5.82 Å². The monoisotopic (exact) mass is 502 g/mol. The Morgan fingerprint density at radius 1 is 1.06 bits per heavy atom. The summed E-state index contributed by atoms with van der Waals surface area (Å²) in [5, 5.41) is 10.6. The van der Waals surface area contributed by atoms with Crippen molar-refractivity contribution < 1.29 is 18.0 Å². The Bertz CT molecular complexity index is 1250. The number of nitrogens with zero attached hydrogens (tertiary/aromatic N) is 4. The Balaban J connectivity index is 1.44. The van der Waals surface area contributed by atoms with Crippen molar-refractivity contribution in [3.05, 3.63) is 24.3 Å². The van der Waals surface area contributed by atoms with Gasteiger partial charge in [0.25, 0.3) is 0 Å². The molecule has 1 amide bonds. The molecule has 3 aromatic rings. The molecule has 1 saturated heterocycles. The summed E-state index contributed by atoms with van der Waals surface area (Å²) in [5.74, 6) is -0.537. The smallest absolute Gasteiger partial charge is 0.382 e. The van der Waals surface area contributed by atoms with Gasteiger partial charge in [-0.15, -0.1) is 0 Å². The number of nitrogens with two attached hydrogens (primary N) is 2. The molecular formula is C24H29F3N8O. The van der Waals surface area contributed by atoms with E-state index in [1.807, 2.05) is 0 Å². The van der Waals surface area contributed by atoms with Gasteiger partial charge in [0.2, 0.25) is 11.9 Å². The number of aromatic amines is 1. The molecule has 6 N–H and O–H groups in total. The van der Waals surface area contributed by atoms with E-state index in [0.717, 1.165) is 42.4 Å². The van der Waals surface area contributed by atoms with Crippen LogP contribution in [-0.4, -0.2) is 50.9 Å². The Hall–Kier alpha value is -3.57. The van der Waals surface area contributed by atoms with E-state index in [2.05, 4.69) is 25.5 Å². The van der Waals surface area contributed by atoms with Crippen molar-refractivity contribution in [2.45, 2.75) is 63.2 Å². The molecule has 2 aliphatic rings. The van der Waals surface area contributed by atoms with Gasteiger partial charge in [0, 0.05) is 29.6 Å². The Morgan fingerprint density at radius 3 is 2.58 bits per heavy atom. The number of piperidine rings is 1. The SMILES string of the molecule is Nc1nc(-c2ccc3c(N)n[nH]c3c2)cc(N2CC(C(=O)NC3CCCCC3)CCC2C(F)(F)F)n1. The Labute approximate surface area is 205 Å². The molecule has 3 heterocycles. The normalized spacial score (nSPS) is 21.6. The van der Waals surface area contributed by atoms with Crippen LogP contribution in [0.25, 0.3) is 22.2 Å². The summed E-state index contributed by atoms with van der Waals surface area (Å²) < 4.78 is 42.1. The first-order valence-electron chi connectivity index (χ1n) is 12.2. The topological polar surface area (TPSA) is 139 Å².